The number of nitrogen functional groups attached to an aromatic ring is 1. The molecule has 5 atom stereocenters. The number of imidazole rings is 1. The predicted octanol–water partition coefficient (Wildman–Crippen LogP) is -0.379. The topological polar surface area (TPSA) is 166 Å². The number of fused-ring (bicyclic) bond motifs is 1. The molecular formula is C20H23N5O6. The van der Waals surface area contributed by atoms with Crippen molar-refractivity contribution >= 4 is 22.9 Å². The Labute approximate surface area is 176 Å². The number of anilines is 1. The average Bonchev–Trinajstić information content (AvgIpc) is 3.26. The van der Waals surface area contributed by atoms with Crippen LogP contribution in [0.15, 0.2) is 41.5 Å². The van der Waals surface area contributed by atoms with Crippen LogP contribution in [0.4, 0.5) is 5.95 Å². The van der Waals surface area contributed by atoms with Crippen LogP contribution in [0.1, 0.15) is 36.5 Å². The number of aromatic nitrogens is 4. The molecule has 3 heterocycles. The van der Waals surface area contributed by atoms with Crippen molar-refractivity contribution < 1.29 is 24.9 Å². The summed E-state index contributed by atoms with van der Waals surface area (Å²) in [6.07, 6.45) is -2.34. The van der Waals surface area contributed by atoms with Crippen LogP contribution in [0.3, 0.4) is 0 Å². The van der Waals surface area contributed by atoms with E-state index < -0.39 is 42.2 Å². The molecule has 31 heavy (non-hydrogen) atoms. The summed E-state index contributed by atoms with van der Waals surface area (Å²) in [6, 6.07) is 7.57. The first-order valence-corrected chi connectivity index (χ1v) is 9.69. The number of ether oxygens (including phenoxy) is 1. The van der Waals surface area contributed by atoms with E-state index in [1.807, 2.05) is 0 Å². The highest BCUT2D eigenvalue weighted by Crippen LogP contribution is 2.39. The summed E-state index contributed by atoms with van der Waals surface area (Å²) in [4.78, 5) is 34.3. The van der Waals surface area contributed by atoms with Crippen LogP contribution in [0.5, 0.6) is 0 Å². The van der Waals surface area contributed by atoms with Gasteiger partial charge in [-0.05, 0) is 13.8 Å². The maximum absolute atomic E-state index is 13.1. The van der Waals surface area contributed by atoms with Gasteiger partial charge in [0.2, 0.25) is 5.95 Å². The van der Waals surface area contributed by atoms with Gasteiger partial charge >= 0.3 is 0 Å². The highest BCUT2D eigenvalue weighted by Gasteiger charge is 2.53. The third kappa shape index (κ3) is 3.22. The summed E-state index contributed by atoms with van der Waals surface area (Å²) in [7, 11) is 0. The summed E-state index contributed by atoms with van der Waals surface area (Å²) in [5.41, 5.74) is 3.99. The van der Waals surface area contributed by atoms with Crippen LogP contribution in [0.25, 0.3) is 11.2 Å². The van der Waals surface area contributed by atoms with Crippen molar-refractivity contribution in [1.82, 2.24) is 19.1 Å². The molecule has 1 saturated heterocycles. The molecule has 0 bridgehead atoms. The zero-order valence-corrected chi connectivity index (χ0v) is 16.9. The van der Waals surface area contributed by atoms with Crippen LogP contribution in [0.2, 0.25) is 0 Å². The zero-order chi connectivity index (χ0) is 22.5. The van der Waals surface area contributed by atoms with Gasteiger partial charge in [0.1, 0.15) is 23.9 Å². The van der Waals surface area contributed by atoms with Crippen LogP contribution in [-0.2, 0) is 4.74 Å². The van der Waals surface area contributed by atoms with Gasteiger partial charge in [-0.3, -0.25) is 18.7 Å². The molecule has 5 N–H and O–H groups in total. The first kappa shape index (κ1) is 21.1. The molecule has 1 aromatic carbocycles. The Bertz CT molecular complexity index is 1190. The van der Waals surface area contributed by atoms with E-state index in [-0.39, 0.29) is 22.9 Å². The predicted molar refractivity (Wildman–Crippen MR) is 109 cm³/mol. The Kier molecular flexibility index (Phi) is 5.13. The Hall–Kier alpha value is -3.12. The standard InChI is InChI=1S/C20H23N5O6/c1-10(14(27)11-6-4-3-5-7-11)25-17(29)13-16(23-19(25)21)24(9-22-13)18-20(2,30)15(28)12(8-26)31-18/h3-7,9-10,12,15,18,26,28,30H,8H2,1-2H3,(H2,21,23)/t10?,12-,15-,18-,20-/m1/s1. The van der Waals surface area contributed by atoms with Crippen LogP contribution in [-0.4, -0.2) is 64.6 Å². The molecule has 1 unspecified atom stereocenters. The molecule has 3 aromatic rings. The lowest BCUT2D eigenvalue weighted by Crippen LogP contribution is -2.44. The molecule has 1 aliphatic rings. The number of aliphatic hydroxyl groups excluding tert-OH is 2. The second-order valence-electron chi connectivity index (χ2n) is 7.76. The number of carbonyl (C=O) groups is 1. The highest BCUT2D eigenvalue weighted by atomic mass is 16.6. The van der Waals surface area contributed by atoms with Gasteiger partial charge in [-0.1, -0.05) is 30.3 Å². The number of Topliss-reactive ketones (excluding diaryl/α,β-unsaturated/α-hetero) is 1. The van der Waals surface area contributed by atoms with Crippen LogP contribution < -0.4 is 11.3 Å². The second kappa shape index (κ2) is 7.54. The molecule has 4 rings (SSSR count). The molecule has 1 fully saturated rings. The van der Waals surface area contributed by atoms with Gasteiger partial charge in [0.25, 0.3) is 5.56 Å². The van der Waals surface area contributed by atoms with Crippen molar-refractivity contribution in [2.75, 3.05) is 12.3 Å². The number of hydrogen-bond acceptors (Lipinski definition) is 9. The molecule has 164 valence electrons. The Morgan fingerprint density at radius 3 is 2.65 bits per heavy atom. The van der Waals surface area contributed by atoms with Gasteiger partial charge in [-0.15, -0.1) is 0 Å². The van der Waals surface area contributed by atoms with Gasteiger partial charge in [-0.25, -0.2) is 4.98 Å². The van der Waals surface area contributed by atoms with Crippen molar-refractivity contribution in [3.63, 3.8) is 0 Å². The molecule has 0 aliphatic carbocycles. The van der Waals surface area contributed by atoms with Crippen molar-refractivity contribution in [3.8, 4) is 0 Å². The normalized spacial score (nSPS) is 26.9. The van der Waals surface area contributed by atoms with E-state index in [1.165, 1.54) is 17.8 Å². The van der Waals surface area contributed by atoms with E-state index in [0.717, 1.165) is 4.57 Å². The monoisotopic (exact) mass is 429 g/mol. The Balaban J connectivity index is 1.78. The number of ketones is 1. The van der Waals surface area contributed by atoms with Gasteiger partial charge in [-0.2, -0.15) is 4.98 Å². The van der Waals surface area contributed by atoms with E-state index in [0.29, 0.717) is 5.56 Å². The molecule has 2 aromatic heterocycles. The molecule has 11 heteroatoms. The summed E-state index contributed by atoms with van der Waals surface area (Å²) < 4.78 is 7.91. The second-order valence-corrected chi connectivity index (χ2v) is 7.76. The van der Waals surface area contributed by atoms with E-state index >= 15 is 0 Å². The van der Waals surface area contributed by atoms with Gasteiger partial charge in [0.05, 0.1) is 12.9 Å². The number of benzene rings is 1. The third-order valence-electron chi connectivity index (χ3n) is 5.67. The fourth-order valence-corrected chi connectivity index (χ4v) is 3.89. The minimum atomic E-state index is -1.79. The number of aliphatic hydroxyl groups is 3. The summed E-state index contributed by atoms with van der Waals surface area (Å²) >= 11 is 0. The first-order valence-electron chi connectivity index (χ1n) is 9.69. The quantitative estimate of drug-likeness (QED) is 0.395. The molecule has 1 aliphatic heterocycles. The maximum atomic E-state index is 13.1. The van der Waals surface area contributed by atoms with Gasteiger partial charge < -0.3 is 25.8 Å². The van der Waals surface area contributed by atoms with E-state index in [1.54, 1.807) is 37.3 Å². The van der Waals surface area contributed by atoms with Crippen molar-refractivity contribution in [2.45, 2.75) is 43.9 Å². The fraction of sp³-hybridized carbons (Fsp3) is 0.400. The van der Waals surface area contributed by atoms with E-state index in [4.69, 9.17) is 10.5 Å². The lowest BCUT2D eigenvalue weighted by atomic mass is 9.96. The molecule has 0 spiro atoms. The fourth-order valence-electron chi connectivity index (χ4n) is 3.89. The third-order valence-corrected chi connectivity index (χ3v) is 5.67. The number of hydrogen-bond donors (Lipinski definition) is 4. The Morgan fingerprint density at radius 2 is 2.03 bits per heavy atom. The number of carbonyl (C=O) groups excluding carboxylic acids is 1. The lowest BCUT2D eigenvalue weighted by molar-refractivity contribution is -0.0950. The molecule has 0 amide bonds. The average molecular weight is 429 g/mol. The minimum Gasteiger partial charge on any atom is -0.394 e. The number of nitrogens with zero attached hydrogens (tertiary/aromatic N) is 4. The molecule has 0 radical (unpaired) electrons. The Morgan fingerprint density at radius 1 is 1.35 bits per heavy atom. The van der Waals surface area contributed by atoms with Crippen LogP contribution >= 0.6 is 0 Å². The SMILES string of the molecule is CC(C(=O)c1ccccc1)n1c(N)nc2c(ncn2[C@@H]2O[C@H](CO)[C@@H](O)[C@@]2(C)O)c1=O. The summed E-state index contributed by atoms with van der Waals surface area (Å²) in [5, 5.41) is 30.3. The molecule has 11 nitrogen and oxygen atoms in total. The zero-order valence-electron chi connectivity index (χ0n) is 16.9. The summed E-state index contributed by atoms with van der Waals surface area (Å²) in [6.45, 7) is 2.38. The van der Waals surface area contributed by atoms with Gasteiger partial charge in [0.15, 0.2) is 23.2 Å². The van der Waals surface area contributed by atoms with Crippen molar-refractivity contribution in [1.29, 1.82) is 0 Å². The number of rotatable bonds is 5. The van der Waals surface area contributed by atoms with Gasteiger partial charge in [0, 0.05) is 5.56 Å². The molecular weight excluding hydrogens is 406 g/mol. The lowest BCUT2D eigenvalue weighted by Gasteiger charge is -2.27. The minimum absolute atomic E-state index is 0.0224. The smallest absolute Gasteiger partial charge is 0.283 e. The highest BCUT2D eigenvalue weighted by molar-refractivity contribution is 5.99. The van der Waals surface area contributed by atoms with Crippen LogP contribution in [0, 0.1) is 0 Å². The largest absolute Gasteiger partial charge is 0.394 e. The summed E-state index contributed by atoms with van der Waals surface area (Å²) in [5.74, 6) is -0.529. The van der Waals surface area contributed by atoms with E-state index in [2.05, 4.69) is 9.97 Å². The van der Waals surface area contributed by atoms with Crippen molar-refractivity contribution in [2.24, 2.45) is 0 Å². The number of nitrogens with two attached hydrogens (primary N) is 1. The van der Waals surface area contributed by atoms with E-state index in [9.17, 15) is 24.9 Å². The molecule has 0 saturated carbocycles. The maximum Gasteiger partial charge on any atom is 0.283 e. The van der Waals surface area contributed by atoms with Crippen molar-refractivity contribution in [3.05, 3.63) is 52.6 Å². The first-order chi connectivity index (χ1) is 14.7.